The van der Waals surface area contributed by atoms with Crippen LogP contribution in [0.25, 0.3) is 11.4 Å². The molecule has 3 aromatic rings. The molecule has 34 heavy (non-hydrogen) atoms. The van der Waals surface area contributed by atoms with Crippen LogP contribution in [0.15, 0.2) is 48.5 Å². The summed E-state index contributed by atoms with van der Waals surface area (Å²) in [7, 11) is 0. The molecule has 2 aromatic carbocycles. The van der Waals surface area contributed by atoms with Gasteiger partial charge in [-0.2, -0.15) is 18.3 Å². The van der Waals surface area contributed by atoms with Crippen LogP contribution in [0, 0.1) is 11.7 Å². The molecule has 1 saturated heterocycles. The highest BCUT2D eigenvalue weighted by atomic mass is 32.1. The summed E-state index contributed by atoms with van der Waals surface area (Å²) in [5.74, 6) is -0.116. The minimum absolute atomic E-state index is 0.0137. The van der Waals surface area contributed by atoms with Crippen LogP contribution in [0.5, 0.6) is 0 Å². The first-order valence-electron chi connectivity index (χ1n) is 10.6. The largest absolute Gasteiger partial charge is 0.416 e. The lowest BCUT2D eigenvalue weighted by atomic mass is 10.1. The fraction of sp³-hybridized carbons (Fsp3) is 0.304. The number of nitrogens with zero attached hydrogens (tertiary/aromatic N) is 4. The highest BCUT2D eigenvalue weighted by Gasteiger charge is 2.32. The molecule has 0 atom stereocenters. The van der Waals surface area contributed by atoms with Crippen molar-refractivity contribution in [3.05, 3.63) is 70.0 Å². The number of piperazine rings is 1. The van der Waals surface area contributed by atoms with Gasteiger partial charge in [0.15, 0.2) is 10.6 Å². The molecule has 2 amide bonds. The number of aromatic nitrogens is 3. The van der Waals surface area contributed by atoms with Gasteiger partial charge in [-0.25, -0.2) is 0 Å². The van der Waals surface area contributed by atoms with Gasteiger partial charge in [0, 0.05) is 37.3 Å². The van der Waals surface area contributed by atoms with Gasteiger partial charge in [-0.15, -0.1) is 0 Å². The summed E-state index contributed by atoms with van der Waals surface area (Å²) < 4.78 is 40.9. The van der Waals surface area contributed by atoms with Crippen molar-refractivity contribution >= 4 is 24.0 Å². The van der Waals surface area contributed by atoms with Crippen LogP contribution in [0.2, 0.25) is 0 Å². The van der Waals surface area contributed by atoms with Crippen molar-refractivity contribution in [1.29, 1.82) is 0 Å². The lowest BCUT2D eigenvalue weighted by molar-refractivity contribution is -0.137. The topological polar surface area (TPSA) is 74.2 Å². The molecule has 11 heteroatoms. The number of aromatic amines is 1. The van der Waals surface area contributed by atoms with Gasteiger partial charge >= 0.3 is 6.18 Å². The number of hydrogen-bond donors (Lipinski definition) is 1. The van der Waals surface area contributed by atoms with Gasteiger partial charge in [0.05, 0.1) is 5.56 Å². The highest BCUT2D eigenvalue weighted by molar-refractivity contribution is 7.71. The van der Waals surface area contributed by atoms with E-state index < -0.39 is 17.6 Å². The van der Waals surface area contributed by atoms with Crippen LogP contribution >= 0.6 is 12.2 Å². The third-order valence-corrected chi connectivity index (χ3v) is 6.00. The molecule has 0 bridgehead atoms. The molecule has 1 aliphatic rings. The second-order valence-electron chi connectivity index (χ2n) is 8.06. The quantitative estimate of drug-likeness (QED) is 0.564. The van der Waals surface area contributed by atoms with Crippen LogP contribution in [-0.4, -0.2) is 62.6 Å². The van der Waals surface area contributed by atoms with E-state index in [4.69, 9.17) is 12.2 Å². The van der Waals surface area contributed by atoms with Crippen LogP contribution in [0.1, 0.15) is 21.5 Å². The summed E-state index contributed by atoms with van der Waals surface area (Å²) in [6, 6.07) is 12.1. The molecule has 1 fully saturated rings. The molecule has 1 N–H and O–H groups in total. The summed E-state index contributed by atoms with van der Waals surface area (Å²) in [5, 5.41) is 6.99. The Morgan fingerprint density at radius 3 is 2.38 bits per heavy atom. The number of carbonyl (C=O) groups is 2. The molecular weight excluding hydrogens is 467 g/mol. The van der Waals surface area contributed by atoms with E-state index in [-0.39, 0.29) is 44.2 Å². The van der Waals surface area contributed by atoms with E-state index in [9.17, 15) is 22.8 Å². The minimum Gasteiger partial charge on any atom is -0.338 e. The number of hydrogen-bond acceptors (Lipinski definition) is 4. The number of H-pyrrole nitrogens is 1. The first-order chi connectivity index (χ1) is 16.1. The highest BCUT2D eigenvalue weighted by Crippen LogP contribution is 2.30. The molecule has 7 nitrogen and oxygen atoms in total. The third-order valence-electron chi connectivity index (χ3n) is 5.68. The van der Waals surface area contributed by atoms with E-state index in [2.05, 4.69) is 10.2 Å². The van der Waals surface area contributed by atoms with E-state index in [1.54, 1.807) is 9.47 Å². The predicted molar refractivity (Wildman–Crippen MR) is 122 cm³/mol. The van der Waals surface area contributed by atoms with Crippen LogP contribution < -0.4 is 0 Å². The molecule has 178 valence electrons. The molecule has 1 aliphatic heterocycles. The van der Waals surface area contributed by atoms with Gasteiger partial charge in [-0.1, -0.05) is 29.8 Å². The summed E-state index contributed by atoms with van der Waals surface area (Å²) >= 11 is 5.31. The van der Waals surface area contributed by atoms with E-state index in [0.29, 0.717) is 10.6 Å². The van der Waals surface area contributed by atoms with Gasteiger partial charge in [0.25, 0.3) is 5.91 Å². The van der Waals surface area contributed by atoms with Gasteiger partial charge in [0.1, 0.15) is 6.54 Å². The number of carbonyl (C=O) groups excluding carboxylic acids is 2. The predicted octanol–water partition coefficient (Wildman–Crippen LogP) is 3.92. The third kappa shape index (κ3) is 5.04. The maximum absolute atomic E-state index is 13.0. The van der Waals surface area contributed by atoms with Gasteiger partial charge in [0.2, 0.25) is 5.91 Å². The molecular formula is C23H22F3N5O2S. The summed E-state index contributed by atoms with van der Waals surface area (Å²) in [5.41, 5.74) is 0.984. The second kappa shape index (κ2) is 9.41. The van der Waals surface area contributed by atoms with Crippen molar-refractivity contribution in [1.82, 2.24) is 24.6 Å². The van der Waals surface area contributed by atoms with Crippen molar-refractivity contribution in [3.63, 3.8) is 0 Å². The van der Waals surface area contributed by atoms with E-state index in [1.807, 2.05) is 31.2 Å². The molecule has 0 aliphatic carbocycles. The monoisotopic (exact) mass is 489 g/mol. The average molecular weight is 490 g/mol. The lowest BCUT2D eigenvalue weighted by Gasteiger charge is -2.35. The molecule has 1 aromatic heterocycles. The number of nitrogens with one attached hydrogen (secondary N) is 1. The lowest BCUT2D eigenvalue weighted by Crippen LogP contribution is -2.51. The Labute approximate surface area is 198 Å². The summed E-state index contributed by atoms with van der Waals surface area (Å²) in [6.07, 6.45) is -4.52. The van der Waals surface area contributed by atoms with E-state index >= 15 is 0 Å². The van der Waals surface area contributed by atoms with Crippen molar-refractivity contribution in [3.8, 4) is 11.4 Å². The van der Waals surface area contributed by atoms with E-state index in [1.165, 1.54) is 17.0 Å². The Kier molecular flexibility index (Phi) is 6.56. The zero-order chi connectivity index (χ0) is 24.5. The Hall–Kier alpha value is -3.47. The zero-order valence-electron chi connectivity index (χ0n) is 18.3. The van der Waals surface area contributed by atoms with Gasteiger partial charge in [-0.05, 0) is 43.4 Å². The number of amides is 2. The van der Waals surface area contributed by atoms with Crippen molar-refractivity contribution in [2.24, 2.45) is 0 Å². The Morgan fingerprint density at radius 2 is 1.71 bits per heavy atom. The van der Waals surface area contributed by atoms with Crippen LogP contribution in [0.4, 0.5) is 13.2 Å². The van der Waals surface area contributed by atoms with Gasteiger partial charge < -0.3 is 9.80 Å². The van der Waals surface area contributed by atoms with Crippen molar-refractivity contribution in [2.75, 3.05) is 26.2 Å². The zero-order valence-corrected chi connectivity index (χ0v) is 19.1. The molecule has 0 radical (unpaired) electrons. The fourth-order valence-electron chi connectivity index (χ4n) is 3.87. The maximum Gasteiger partial charge on any atom is 0.416 e. The maximum atomic E-state index is 13.0. The van der Waals surface area contributed by atoms with Gasteiger partial charge in [-0.3, -0.25) is 19.3 Å². The van der Waals surface area contributed by atoms with Crippen LogP contribution in [0.3, 0.4) is 0 Å². The smallest absolute Gasteiger partial charge is 0.338 e. The molecule has 0 spiro atoms. The summed E-state index contributed by atoms with van der Waals surface area (Å²) in [4.78, 5) is 28.7. The Morgan fingerprint density at radius 1 is 1.03 bits per heavy atom. The number of aryl methyl sites for hydroxylation is 1. The fourth-order valence-corrected chi connectivity index (χ4v) is 4.07. The van der Waals surface area contributed by atoms with Crippen molar-refractivity contribution in [2.45, 2.75) is 19.6 Å². The van der Waals surface area contributed by atoms with E-state index in [0.717, 1.165) is 23.3 Å². The summed E-state index contributed by atoms with van der Waals surface area (Å²) in [6.45, 7) is 2.94. The molecule has 4 rings (SSSR count). The molecule has 0 unspecified atom stereocenters. The standard InChI is InChI=1S/C23H22F3N5O2S/c1-15-4-2-5-16(12-15)20-27-28-22(34)31(20)14-19(32)29-8-10-30(11-9-29)21(33)17-6-3-7-18(13-17)23(24,25)26/h2-7,12-13H,8-11,14H2,1H3,(H,28,34). The van der Waals surface area contributed by atoms with Crippen molar-refractivity contribution < 1.29 is 22.8 Å². The first kappa shape index (κ1) is 23.7. The average Bonchev–Trinajstić information content (AvgIpc) is 3.18. The normalized spacial score (nSPS) is 14.4. The number of halogens is 3. The number of benzene rings is 2. The molecule has 0 saturated carbocycles. The second-order valence-corrected chi connectivity index (χ2v) is 8.45. The number of alkyl halides is 3. The molecule has 2 heterocycles. The minimum atomic E-state index is -4.52. The number of rotatable bonds is 4. The van der Waals surface area contributed by atoms with Crippen LogP contribution in [-0.2, 0) is 17.5 Å². The SMILES string of the molecule is Cc1cccc(-c2n[nH]c(=S)n2CC(=O)N2CCN(C(=O)c3cccc(C(F)(F)F)c3)CC2)c1. The Bertz CT molecular complexity index is 1280. The Balaban J connectivity index is 1.41. The first-order valence-corrected chi connectivity index (χ1v) is 11.0.